The largest absolute Gasteiger partial charge is 0.309 e. The zero-order valence-corrected chi connectivity index (χ0v) is 18.7. The first-order valence-corrected chi connectivity index (χ1v) is 11.3. The SMILES string of the molecule is N#Cc1cc(-c2ccncc2)cc(-n2c3ccccc3c3cc(-c4ccccc4C#N)ccc32)c1. The minimum Gasteiger partial charge on any atom is -0.309 e. The second-order valence-corrected chi connectivity index (χ2v) is 8.36. The summed E-state index contributed by atoms with van der Waals surface area (Å²) < 4.78 is 2.20. The normalized spacial score (nSPS) is 10.8. The predicted molar refractivity (Wildman–Crippen MR) is 139 cm³/mol. The molecule has 6 aromatic rings. The fraction of sp³-hybridized carbons (Fsp3) is 0. The molecule has 0 aliphatic carbocycles. The Labute approximate surface area is 202 Å². The molecule has 35 heavy (non-hydrogen) atoms. The molecule has 0 bridgehead atoms. The van der Waals surface area contributed by atoms with Crippen LogP contribution in [0, 0.1) is 22.7 Å². The molecule has 0 fully saturated rings. The summed E-state index contributed by atoms with van der Waals surface area (Å²) in [6.07, 6.45) is 3.52. The summed E-state index contributed by atoms with van der Waals surface area (Å²) in [5.74, 6) is 0. The van der Waals surface area contributed by atoms with Gasteiger partial charge in [-0.25, -0.2) is 0 Å². The van der Waals surface area contributed by atoms with E-state index in [9.17, 15) is 10.5 Å². The van der Waals surface area contributed by atoms with Crippen LogP contribution in [0.5, 0.6) is 0 Å². The quantitative estimate of drug-likeness (QED) is 0.287. The number of nitriles is 2. The van der Waals surface area contributed by atoms with Crippen LogP contribution in [0.2, 0.25) is 0 Å². The summed E-state index contributed by atoms with van der Waals surface area (Å²) in [6, 6.07) is 36.7. The molecule has 4 heteroatoms. The third-order valence-corrected chi connectivity index (χ3v) is 6.35. The number of fused-ring (bicyclic) bond motifs is 3. The van der Waals surface area contributed by atoms with Crippen LogP contribution in [0.4, 0.5) is 0 Å². The maximum Gasteiger partial charge on any atom is 0.0998 e. The number of hydrogen-bond acceptors (Lipinski definition) is 3. The molecular weight excluding hydrogens is 428 g/mol. The molecular formula is C31H18N4. The Morgan fingerprint density at radius 1 is 0.600 bits per heavy atom. The molecule has 4 nitrogen and oxygen atoms in total. The van der Waals surface area contributed by atoms with Gasteiger partial charge in [0.15, 0.2) is 0 Å². The molecule has 0 aliphatic rings. The summed E-state index contributed by atoms with van der Waals surface area (Å²) in [6.45, 7) is 0. The number of benzene rings is 4. The number of hydrogen-bond donors (Lipinski definition) is 0. The summed E-state index contributed by atoms with van der Waals surface area (Å²) in [5.41, 5.74) is 8.16. The number of rotatable bonds is 3. The predicted octanol–water partition coefficient (Wildman–Crippen LogP) is 7.26. The number of pyridine rings is 1. The lowest BCUT2D eigenvalue weighted by molar-refractivity contribution is 1.18. The average molecular weight is 447 g/mol. The summed E-state index contributed by atoms with van der Waals surface area (Å²) >= 11 is 0. The first kappa shape index (κ1) is 20.4. The van der Waals surface area contributed by atoms with Crippen LogP contribution >= 0.6 is 0 Å². The molecule has 0 atom stereocenters. The summed E-state index contributed by atoms with van der Waals surface area (Å²) in [7, 11) is 0. The minimum absolute atomic E-state index is 0.597. The molecule has 0 aliphatic heterocycles. The molecule has 162 valence electrons. The van der Waals surface area contributed by atoms with Crippen LogP contribution in [-0.4, -0.2) is 9.55 Å². The van der Waals surface area contributed by atoms with Gasteiger partial charge in [0.2, 0.25) is 0 Å². The van der Waals surface area contributed by atoms with Crippen LogP contribution in [0.3, 0.4) is 0 Å². The molecule has 0 saturated carbocycles. The molecule has 0 spiro atoms. The first-order chi connectivity index (χ1) is 17.3. The highest BCUT2D eigenvalue weighted by Crippen LogP contribution is 2.36. The van der Waals surface area contributed by atoms with Crippen molar-refractivity contribution in [1.29, 1.82) is 10.5 Å². The molecule has 4 aromatic carbocycles. The van der Waals surface area contributed by atoms with Crippen molar-refractivity contribution in [2.45, 2.75) is 0 Å². The van der Waals surface area contributed by atoms with Gasteiger partial charge in [0.1, 0.15) is 0 Å². The second-order valence-electron chi connectivity index (χ2n) is 8.36. The topological polar surface area (TPSA) is 65.4 Å². The van der Waals surface area contributed by atoms with Gasteiger partial charge in [-0.15, -0.1) is 0 Å². The lowest BCUT2D eigenvalue weighted by Crippen LogP contribution is -1.96. The Bertz CT molecular complexity index is 1820. The molecule has 0 saturated heterocycles. The third-order valence-electron chi connectivity index (χ3n) is 6.35. The van der Waals surface area contributed by atoms with Crippen molar-refractivity contribution in [3.8, 4) is 40.1 Å². The number of para-hydroxylation sites is 1. The van der Waals surface area contributed by atoms with E-state index < -0.39 is 0 Å². The van der Waals surface area contributed by atoms with Crippen molar-refractivity contribution in [2.24, 2.45) is 0 Å². The van der Waals surface area contributed by atoms with Crippen molar-refractivity contribution in [3.05, 3.63) is 121 Å². The Morgan fingerprint density at radius 2 is 1.37 bits per heavy atom. The smallest absolute Gasteiger partial charge is 0.0998 e. The molecule has 2 heterocycles. The van der Waals surface area contributed by atoms with Gasteiger partial charge in [0.05, 0.1) is 34.3 Å². The fourth-order valence-electron chi connectivity index (χ4n) is 4.77. The molecule has 0 N–H and O–H groups in total. The van der Waals surface area contributed by atoms with Gasteiger partial charge >= 0.3 is 0 Å². The molecule has 0 radical (unpaired) electrons. The molecule has 2 aromatic heterocycles. The van der Waals surface area contributed by atoms with Gasteiger partial charge < -0.3 is 4.57 Å². The number of nitrogens with zero attached hydrogens (tertiary/aromatic N) is 4. The summed E-state index contributed by atoms with van der Waals surface area (Å²) in [5, 5.41) is 21.6. The zero-order chi connectivity index (χ0) is 23.8. The Balaban J connectivity index is 1.64. The monoisotopic (exact) mass is 446 g/mol. The maximum atomic E-state index is 9.77. The van der Waals surface area contributed by atoms with Gasteiger partial charge in [-0.3, -0.25) is 4.98 Å². The van der Waals surface area contributed by atoms with Crippen LogP contribution < -0.4 is 0 Å². The zero-order valence-electron chi connectivity index (χ0n) is 18.7. The van der Waals surface area contributed by atoms with Gasteiger partial charge in [-0.2, -0.15) is 10.5 Å². The lowest BCUT2D eigenvalue weighted by Gasteiger charge is -2.12. The molecule has 0 amide bonds. The summed E-state index contributed by atoms with van der Waals surface area (Å²) in [4.78, 5) is 4.12. The van der Waals surface area contributed by atoms with Gasteiger partial charge in [0.25, 0.3) is 0 Å². The van der Waals surface area contributed by atoms with E-state index in [0.717, 1.165) is 49.7 Å². The van der Waals surface area contributed by atoms with Crippen LogP contribution in [-0.2, 0) is 0 Å². The first-order valence-electron chi connectivity index (χ1n) is 11.3. The Kier molecular flexibility index (Phi) is 4.84. The highest BCUT2D eigenvalue weighted by molar-refractivity contribution is 6.10. The highest BCUT2D eigenvalue weighted by atomic mass is 15.0. The van der Waals surface area contributed by atoms with Gasteiger partial charge in [-0.1, -0.05) is 42.5 Å². The second kappa shape index (κ2) is 8.30. The minimum atomic E-state index is 0.597. The van der Waals surface area contributed by atoms with Crippen molar-refractivity contribution >= 4 is 21.8 Å². The van der Waals surface area contributed by atoms with Crippen molar-refractivity contribution < 1.29 is 0 Å². The van der Waals surface area contributed by atoms with Gasteiger partial charge in [0, 0.05) is 28.9 Å². The van der Waals surface area contributed by atoms with Crippen molar-refractivity contribution in [2.75, 3.05) is 0 Å². The van der Waals surface area contributed by atoms with E-state index in [1.807, 2.05) is 60.7 Å². The van der Waals surface area contributed by atoms with Crippen LogP contribution in [0.25, 0.3) is 49.7 Å². The maximum absolute atomic E-state index is 9.77. The van der Waals surface area contributed by atoms with E-state index in [-0.39, 0.29) is 0 Å². The Hall–Kier alpha value is -5.19. The van der Waals surface area contributed by atoms with Crippen molar-refractivity contribution in [3.63, 3.8) is 0 Å². The number of aromatic nitrogens is 2. The van der Waals surface area contributed by atoms with Gasteiger partial charge in [-0.05, 0) is 76.9 Å². The molecule has 6 rings (SSSR count). The van der Waals surface area contributed by atoms with E-state index in [1.165, 1.54) is 0 Å². The highest BCUT2D eigenvalue weighted by Gasteiger charge is 2.15. The molecule has 0 unspecified atom stereocenters. The lowest BCUT2D eigenvalue weighted by atomic mass is 9.98. The van der Waals surface area contributed by atoms with E-state index in [2.05, 4.69) is 58.1 Å². The Morgan fingerprint density at radius 3 is 2.20 bits per heavy atom. The van der Waals surface area contributed by atoms with E-state index in [0.29, 0.717) is 11.1 Å². The van der Waals surface area contributed by atoms with E-state index >= 15 is 0 Å². The standard InChI is InChI=1S/C31H18N4/c32-19-21-15-25(22-11-13-34-14-12-22)17-26(16-21)35-30-8-4-3-7-28(30)29-18-23(9-10-31(29)35)27-6-2-1-5-24(27)20-33/h1-18H. The van der Waals surface area contributed by atoms with E-state index in [4.69, 9.17) is 0 Å². The van der Waals surface area contributed by atoms with Crippen molar-refractivity contribution in [1.82, 2.24) is 9.55 Å². The fourth-order valence-corrected chi connectivity index (χ4v) is 4.77. The van der Waals surface area contributed by atoms with Crippen LogP contribution in [0.1, 0.15) is 11.1 Å². The van der Waals surface area contributed by atoms with Crippen LogP contribution in [0.15, 0.2) is 109 Å². The van der Waals surface area contributed by atoms with E-state index in [1.54, 1.807) is 12.4 Å². The third kappa shape index (κ3) is 3.42. The average Bonchev–Trinajstić information content (AvgIpc) is 3.27.